The van der Waals surface area contributed by atoms with Crippen LogP contribution in [0.3, 0.4) is 0 Å². The van der Waals surface area contributed by atoms with Gasteiger partial charge in [-0.3, -0.25) is 4.79 Å². The van der Waals surface area contributed by atoms with Crippen LogP contribution in [0.15, 0.2) is 12.1 Å². The summed E-state index contributed by atoms with van der Waals surface area (Å²) >= 11 is 0. The van der Waals surface area contributed by atoms with Crippen molar-refractivity contribution in [2.75, 3.05) is 6.61 Å². The molecule has 2 aliphatic rings. The van der Waals surface area contributed by atoms with E-state index in [9.17, 15) is 4.79 Å². The first-order valence-corrected chi connectivity index (χ1v) is 6.79. The molecule has 1 aromatic carbocycles. The number of carboxylic acids is 1. The summed E-state index contributed by atoms with van der Waals surface area (Å²) in [6, 6.07) is 4.15. The molecule has 4 heteroatoms. The van der Waals surface area contributed by atoms with E-state index in [1.165, 1.54) is 5.56 Å². The number of ether oxygens (including phenoxy) is 2. The fraction of sp³-hybridized carbons (Fsp3) is 0.533. The topological polar surface area (TPSA) is 55.8 Å². The Bertz CT molecular complexity index is 509. The van der Waals surface area contributed by atoms with Crippen molar-refractivity contribution in [3.8, 4) is 11.5 Å². The van der Waals surface area contributed by atoms with Crippen LogP contribution in [0.1, 0.15) is 30.9 Å². The zero-order chi connectivity index (χ0) is 13.4. The predicted octanol–water partition coefficient (Wildman–Crippen LogP) is 2.43. The van der Waals surface area contributed by atoms with Gasteiger partial charge in [0.25, 0.3) is 0 Å². The number of fused-ring (bicyclic) bond motifs is 3. The van der Waals surface area contributed by atoms with Crippen molar-refractivity contribution in [3.63, 3.8) is 0 Å². The van der Waals surface area contributed by atoms with Gasteiger partial charge < -0.3 is 14.6 Å². The molecule has 0 radical (unpaired) electrons. The fourth-order valence-corrected chi connectivity index (χ4v) is 2.97. The van der Waals surface area contributed by atoms with E-state index in [1.54, 1.807) is 0 Å². The Hall–Kier alpha value is -1.71. The van der Waals surface area contributed by atoms with Crippen molar-refractivity contribution < 1.29 is 19.4 Å². The van der Waals surface area contributed by atoms with Gasteiger partial charge in [-0.2, -0.15) is 0 Å². The molecule has 1 aromatic rings. The highest BCUT2D eigenvalue weighted by atomic mass is 16.5. The molecule has 4 nitrogen and oxygen atoms in total. The molecule has 3 rings (SSSR count). The Balaban J connectivity index is 1.89. The normalized spacial score (nSPS) is 24.7. The van der Waals surface area contributed by atoms with Gasteiger partial charge in [-0.25, -0.2) is 0 Å². The molecule has 102 valence electrons. The standard InChI is InChI=1S/C15H18O4/c1-9-6-11-2-3-12-7-10(8-13(16)17)4-5-18-14(12)15(11)19-9/h2-3,9-10H,4-8H2,1H3,(H,16,17). The van der Waals surface area contributed by atoms with E-state index in [4.69, 9.17) is 14.6 Å². The van der Waals surface area contributed by atoms with E-state index in [0.29, 0.717) is 6.61 Å². The number of rotatable bonds is 2. The van der Waals surface area contributed by atoms with E-state index >= 15 is 0 Å². The number of carbonyl (C=O) groups is 1. The van der Waals surface area contributed by atoms with Crippen molar-refractivity contribution in [2.45, 2.75) is 38.7 Å². The monoisotopic (exact) mass is 262 g/mol. The SMILES string of the molecule is CC1Cc2ccc3c(c2O1)OCCC(CC(=O)O)C3. The maximum Gasteiger partial charge on any atom is 0.303 e. The van der Waals surface area contributed by atoms with Crippen LogP contribution in [0.4, 0.5) is 0 Å². The molecular formula is C15H18O4. The first-order valence-electron chi connectivity index (χ1n) is 6.79. The van der Waals surface area contributed by atoms with Gasteiger partial charge in [0.2, 0.25) is 0 Å². The van der Waals surface area contributed by atoms with E-state index in [2.05, 4.69) is 19.1 Å². The molecule has 0 aromatic heterocycles. The highest BCUT2D eigenvalue weighted by Crippen LogP contribution is 2.43. The third-order valence-corrected chi connectivity index (χ3v) is 3.85. The maximum absolute atomic E-state index is 10.9. The van der Waals surface area contributed by atoms with Crippen LogP contribution in [-0.2, 0) is 17.6 Å². The minimum absolute atomic E-state index is 0.149. The number of hydrogen-bond acceptors (Lipinski definition) is 3. The van der Waals surface area contributed by atoms with Crippen LogP contribution in [-0.4, -0.2) is 23.8 Å². The molecule has 0 fully saturated rings. The van der Waals surface area contributed by atoms with E-state index in [0.717, 1.165) is 36.3 Å². The Labute approximate surface area is 112 Å². The first kappa shape index (κ1) is 12.3. The highest BCUT2D eigenvalue weighted by molar-refractivity contribution is 5.67. The number of carboxylic acid groups (broad SMARTS) is 1. The van der Waals surface area contributed by atoms with Gasteiger partial charge in [-0.1, -0.05) is 12.1 Å². The predicted molar refractivity (Wildman–Crippen MR) is 69.8 cm³/mol. The summed E-state index contributed by atoms with van der Waals surface area (Å²) in [5, 5.41) is 8.93. The van der Waals surface area contributed by atoms with Gasteiger partial charge in [-0.05, 0) is 31.2 Å². The lowest BCUT2D eigenvalue weighted by atomic mass is 9.93. The zero-order valence-electron chi connectivity index (χ0n) is 11.0. The number of benzene rings is 1. The largest absolute Gasteiger partial charge is 0.489 e. The summed E-state index contributed by atoms with van der Waals surface area (Å²) in [7, 11) is 0. The van der Waals surface area contributed by atoms with Crippen LogP contribution >= 0.6 is 0 Å². The van der Waals surface area contributed by atoms with Crippen LogP contribution in [0, 0.1) is 5.92 Å². The van der Waals surface area contributed by atoms with Gasteiger partial charge in [0.05, 0.1) is 6.61 Å². The second kappa shape index (κ2) is 4.76. The first-order chi connectivity index (χ1) is 9.13. The third kappa shape index (κ3) is 2.39. The van der Waals surface area contributed by atoms with Gasteiger partial charge in [0.15, 0.2) is 11.5 Å². The average molecular weight is 262 g/mol. The molecule has 2 unspecified atom stereocenters. The van der Waals surface area contributed by atoms with Gasteiger partial charge >= 0.3 is 5.97 Å². The summed E-state index contributed by atoms with van der Waals surface area (Å²) in [5.74, 6) is 1.13. The molecule has 2 aliphatic heterocycles. The Morgan fingerprint density at radius 1 is 1.32 bits per heavy atom. The summed E-state index contributed by atoms with van der Waals surface area (Å²) in [5.41, 5.74) is 2.28. The van der Waals surface area contributed by atoms with E-state index in [1.807, 2.05) is 0 Å². The lowest BCUT2D eigenvalue weighted by Gasteiger charge is -2.12. The Morgan fingerprint density at radius 3 is 2.79 bits per heavy atom. The average Bonchev–Trinajstić information content (AvgIpc) is 2.59. The summed E-state index contributed by atoms with van der Waals surface area (Å²) in [6.07, 6.45) is 2.86. The summed E-state index contributed by atoms with van der Waals surface area (Å²) in [4.78, 5) is 10.9. The van der Waals surface area contributed by atoms with Crippen molar-refractivity contribution in [2.24, 2.45) is 5.92 Å². The minimum Gasteiger partial charge on any atom is -0.489 e. The molecule has 0 aliphatic carbocycles. The highest BCUT2D eigenvalue weighted by Gasteiger charge is 2.28. The van der Waals surface area contributed by atoms with E-state index in [-0.39, 0.29) is 18.4 Å². The quantitative estimate of drug-likeness (QED) is 0.889. The molecular weight excluding hydrogens is 244 g/mol. The van der Waals surface area contributed by atoms with Crippen LogP contribution < -0.4 is 9.47 Å². The summed E-state index contributed by atoms with van der Waals surface area (Å²) < 4.78 is 11.7. The van der Waals surface area contributed by atoms with Crippen LogP contribution in [0.25, 0.3) is 0 Å². The smallest absolute Gasteiger partial charge is 0.303 e. The minimum atomic E-state index is -0.737. The van der Waals surface area contributed by atoms with Crippen molar-refractivity contribution in [1.29, 1.82) is 0 Å². The summed E-state index contributed by atoms with van der Waals surface area (Å²) in [6.45, 7) is 2.62. The third-order valence-electron chi connectivity index (χ3n) is 3.85. The van der Waals surface area contributed by atoms with Crippen LogP contribution in [0.2, 0.25) is 0 Å². The van der Waals surface area contributed by atoms with Crippen molar-refractivity contribution in [1.82, 2.24) is 0 Å². The van der Waals surface area contributed by atoms with E-state index < -0.39 is 5.97 Å². The molecule has 19 heavy (non-hydrogen) atoms. The molecule has 0 bridgehead atoms. The van der Waals surface area contributed by atoms with Gasteiger partial charge in [-0.15, -0.1) is 0 Å². The van der Waals surface area contributed by atoms with Gasteiger partial charge in [0.1, 0.15) is 6.10 Å². The van der Waals surface area contributed by atoms with Gasteiger partial charge in [0, 0.05) is 18.4 Å². The Morgan fingerprint density at radius 2 is 2.05 bits per heavy atom. The molecule has 0 saturated heterocycles. The molecule has 2 atom stereocenters. The second-order valence-electron chi connectivity index (χ2n) is 5.48. The molecule has 0 amide bonds. The number of aliphatic carboxylic acids is 1. The maximum atomic E-state index is 10.9. The molecule has 2 heterocycles. The molecule has 1 N–H and O–H groups in total. The number of hydrogen-bond donors (Lipinski definition) is 1. The fourth-order valence-electron chi connectivity index (χ4n) is 2.97. The molecule has 0 spiro atoms. The second-order valence-corrected chi connectivity index (χ2v) is 5.48. The van der Waals surface area contributed by atoms with Crippen LogP contribution in [0.5, 0.6) is 11.5 Å². The van der Waals surface area contributed by atoms with Crippen molar-refractivity contribution in [3.05, 3.63) is 23.3 Å². The molecule has 0 saturated carbocycles. The van der Waals surface area contributed by atoms with Crippen molar-refractivity contribution >= 4 is 5.97 Å². The zero-order valence-corrected chi connectivity index (χ0v) is 11.0. The lowest BCUT2D eigenvalue weighted by Crippen LogP contribution is -2.11. The Kier molecular flexibility index (Phi) is 3.09. The lowest BCUT2D eigenvalue weighted by molar-refractivity contribution is -0.138.